The second-order valence-electron chi connectivity index (χ2n) is 9.11. The van der Waals surface area contributed by atoms with E-state index in [1.165, 1.54) is 0 Å². The van der Waals surface area contributed by atoms with Crippen LogP contribution in [0.15, 0.2) is 16.5 Å². The maximum atomic E-state index is 14.8. The van der Waals surface area contributed by atoms with Crippen molar-refractivity contribution in [3.63, 3.8) is 0 Å². The Hall–Kier alpha value is -2.85. The number of anilines is 3. The highest BCUT2D eigenvalue weighted by Crippen LogP contribution is 2.42. The number of oxazole rings is 1. The van der Waals surface area contributed by atoms with E-state index in [2.05, 4.69) is 10.3 Å². The minimum Gasteiger partial charge on any atom is -0.427 e. The van der Waals surface area contributed by atoms with Gasteiger partial charge in [0.25, 0.3) is 11.9 Å². The highest BCUT2D eigenvalue weighted by atomic mass is 19.4. The number of nitrogens with zero attached hydrogens (tertiary/aromatic N) is 3. The van der Waals surface area contributed by atoms with Gasteiger partial charge in [-0.2, -0.15) is 18.2 Å². The molecule has 4 fully saturated rings. The van der Waals surface area contributed by atoms with E-state index in [0.717, 1.165) is 37.8 Å². The second-order valence-corrected chi connectivity index (χ2v) is 9.11. The lowest BCUT2D eigenvalue weighted by molar-refractivity contribution is -0.130. The fourth-order valence-corrected chi connectivity index (χ4v) is 5.04. The molecule has 1 amide bonds. The van der Waals surface area contributed by atoms with Gasteiger partial charge in [0.15, 0.2) is 17.3 Å². The molecule has 2 aromatic rings. The lowest BCUT2D eigenvalue weighted by Gasteiger charge is -2.48. The molecule has 6 nitrogen and oxygen atoms in total. The predicted molar refractivity (Wildman–Crippen MR) is 110 cm³/mol. The van der Waals surface area contributed by atoms with E-state index < -0.39 is 41.6 Å². The third kappa shape index (κ3) is 4.49. The highest BCUT2D eigenvalue weighted by molar-refractivity contribution is 6.04. The molecule has 2 bridgehead atoms. The Labute approximate surface area is 186 Å². The van der Waals surface area contributed by atoms with Gasteiger partial charge in [-0.1, -0.05) is 0 Å². The van der Waals surface area contributed by atoms with Gasteiger partial charge in [0, 0.05) is 31.9 Å². The summed E-state index contributed by atoms with van der Waals surface area (Å²) in [5, 5.41) is 2.27. The van der Waals surface area contributed by atoms with E-state index in [0.29, 0.717) is 38.0 Å². The number of alkyl halides is 3. The molecule has 6 rings (SSSR count). The van der Waals surface area contributed by atoms with Crippen LogP contribution < -0.4 is 15.1 Å². The summed E-state index contributed by atoms with van der Waals surface area (Å²) in [4.78, 5) is 20.0. The molecule has 4 aliphatic rings. The molecular formula is C22H23F5N4O2. The lowest BCUT2D eigenvalue weighted by Crippen LogP contribution is -2.49. The van der Waals surface area contributed by atoms with Crippen LogP contribution in [0.1, 0.15) is 41.9 Å². The number of nitrogens with one attached hydrogen (secondary N) is 1. The van der Waals surface area contributed by atoms with Gasteiger partial charge in [0.1, 0.15) is 17.9 Å². The zero-order valence-electron chi connectivity index (χ0n) is 17.7. The third-order valence-electron chi connectivity index (χ3n) is 6.52. The van der Waals surface area contributed by atoms with Gasteiger partial charge in [-0.05, 0) is 49.7 Å². The normalized spacial score (nSPS) is 22.5. The van der Waals surface area contributed by atoms with E-state index in [9.17, 15) is 26.7 Å². The topological polar surface area (TPSA) is 61.6 Å². The number of piperidine rings is 2. The maximum Gasteiger partial charge on any atom is 0.396 e. The first-order valence-corrected chi connectivity index (χ1v) is 11.0. The van der Waals surface area contributed by atoms with E-state index in [1.807, 2.05) is 0 Å². The molecule has 33 heavy (non-hydrogen) atoms. The molecule has 4 heterocycles. The van der Waals surface area contributed by atoms with Crippen LogP contribution in [0.3, 0.4) is 0 Å². The number of hydrogen-bond acceptors (Lipinski definition) is 5. The minimum atomic E-state index is -4.62. The number of benzene rings is 1. The van der Waals surface area contributed by atoms with Crippen molar-refractivity contribution in [1.82, 2.24) is 4.98 Å². The molecule has 3 aliphatic heterocycles. The van der Waals surface area contributed by atoms with E-state index in [4.69, 9.17) is 4.42 Å². The predicted octanol–water partition coefficient (Wildman–Crippen LogP) is 4.76. The monoisotopic (exact) mass is 470 g/mol. The van der Waals surface area contributed by atoms with E-state index in [1.54, 1.807) is 9.80 Å². The molecule has 11 heteroatoms. The van der Waals surface area contributed by atoms with Crippen molar-refractivity contribution in [3.8, 4) is 0 Å². The van der Waals surface area contributed by atoms with Crippen LogP contribution in [-0.2, 0) is 6.42 Å². The lowest BCUT2D eigenvalue weighted by atomic mass is 9.71. The average Bonchev–Trinajstić information content (AvgIpc) is 3.35. The van der Waals surface area contributed by atoms with E-state index in [-0.39, 0.29) is 17.4 Å². The second kappa shape index (κ2) is 8.18. The minimum absolute atomic E-state index is 0.0618. The van der Waals surface area contributed by atoms with Crippen LogP contribution in [0.25, 0.3) is 0 Å². The van der Waals surface area contributed by atoms with Gasteiger partial charge in [-0.3, -0.25) is 4.79 Å². The molecule has 1 aromatic heterocycles. The molecular weight excluding hydrogens is 447 g/mol. The van der Waals surface area contributed by atoms with Crippen LogP contribution in [0.5, 0.6) is 0 Å². The number of carbonyl (C=O) groups excluding carboxylic acids is 1. The van der Waals surface area contributed by atoms with Crippen LogP contribution in [0.4, 0.5) is 39.3 Å². The Bertz CT molecular complexity index is 1020. The van der Waals surface area contributed by atoms with Crippen molar-refractivity contribution in [3.05, 3.63) is 35.2 Å². The Kier molecular flexibility index (Phi) is 5.44. The van der Waals surface area contributed by atoms with Crippen LogP contribution >= 0.6 is 0 Å². The molecule has 0 spiro atoms. The number of halogens is 5. The molecule has 0 atom stereocenters. The smallest absolute Gasteiger partial charge is 0.396 e. The molecule has 1 aliphatic carbocycles. The van der Waals surface area contributed by atoms with Crippen LogP contribution in [0.2, 0.25) is 0 Å². The van der Waals surface area contributed by atoms with E-state index >= 15 is 0 Å². The van der Waals surface area contributed by atoms with Gasteiger partial charge in [-0.15, -0.1) is 0 Å². The first kappa shape index (κ1) is 22.0. The van der Waals surface area contributed by atoms with Crippen molar-refractivity contribution in [2.75, 3.05) is 41.3 Å². The Morgan fingerprint density at radius 3 is 2.24 bits per heavy atom. The summed E-state index contributed by atoms with van der Waals surface area (Å²) in [6, 6.07) is 1.89. The van der Waals surface area contributed by atoms with Crippen molar-refractivity contribution in [1.29, 1.82) is 0 Å². The molecule has 1 N–H and O–H groups in total. The summed E-state index contributed by atoms with van der Waals surface area (Å²) in [5.41, 5.74) is -0.891. The molecule has 3 saturated heterocycles. The van der Waals surface area contributed by atoms with Gasteiger partial charge in [-0.25, -0.2) is 8.78 Å². The largest absolute Gasteiger partial charge is 0.427 e. The van der Waals surface area contributed by atoms with Crippen molar-refractivity contribution in [2.24, 2.45) is 11.8 Å². The quantitative estimate of drug-likeness (QED) is 0.639. The Balaban J connectivity index is 1.37. The van der Waals surface area contributed by atoms with Crippen molar-refractivity contribution < 1.29 is 31.2 Å². The van der Waals surface area contributed by atoms with Crippen molar-refractivity contribution >= 4 is 23.3 Å². The van der Waals surface area contributed by atoms with Crippen LogP contribution in [0, 0.1) is 23.5 Å². The highest BCUT2D eigenvalue weighted by Gasteiger charge is 2.39. The SMILES string of the molecule is O=C(Nc1cc(F)c(N2CC3CC(C3)C2)c(F)c1)c1nc(N2CCCC2)oc1CC(F)(F)F. The number of rotatable bonds is 5. The summed E-state index contributed by atoms with van der Waals surface area (Å²) in [6.45, 7) is 2.27. The standard InChI is InChI=1S/C22H23F5N4O2/c23-15-7-14(8-16(24)19(15)31-10-12-5-13(6-12)11-31)28-20(32)18-17(9-22(25,26)27)33-21(29-18)30-3-1-2-4-30/h7-8,12-13H,1-6,9-11H2,(H,28,32). The summed E-state index contributed by atoms with van der Waals surface area (Å²) >= 11 is 0. The van der Waals surface area contributed by atoms with Gasteiger partial charge in [0.05, 0.1) is 0 Å². The zero-order valence-corrected chi connectivity index (χ0v) is 17.7. The maximum absolute atomic E-state index is 14.8. The number of aromatic nitrogens is 1. The fraction of sp³-hybridized carbons (Fsp3) is 0.545. The number of amides is 1. The molecule has 0 radical (unpaired) electrons. The van der Waals surface area contributed by atoms with Crippen LogP contribution in [-0.4, -0.2) is 43.2 Å². The molecule has 178 valence electrons. The molecule has 1 aromatic carbocycles. The fourth-order valence-electron chi connectivity index (χ4n) is 5.04. The average molecular weight is 470 g/mol. The van der Waals surface area contributed by atoms with Gasteiger partial charge < -0.3 is 19.5 Å². The molecule has 1 saturated carbocycles. The zero-order chi connectivity index (χ0) is 23.3. The first-order chi connectivity index (χ1) is 15.7. The summed E-state index contributed by atoms with van der Waals surface area (Å²) in [5.74, 6) is -2.45. The van der Waals surface area contributed by atoms with Crippen molar-refractivity contribution in [2.45, 2.75) is 38.3 Å². The number of hydrogen-bond donors (Lipinski definition) is 1. The number of carbonyl (C=O) groups is 1. The van der Waals surface area contributed by atoms with Gasteiger partial charge in [0.2, 0.25) is 0 Å². The Morgan fingerprint density at radius 1 is 1.06 bits per heavy atom. The first-order valence-electron chi connectivity index (χ1n) is 11.0. The Morgan fingerprint density at radius 2 is 1.67 bits per heavy atom. The summed E-state index contributed by atoms with van der Waals surface area (Å²) in [7, 11) is 0. The summed E-state index contributed by atoms with van der Waals surface area (Å²) in [6.07, 6.45) is -2.28. The molecule has 0 unspecified atom stereocenters. The van der Waals surface area contributed by atoms with Gasteiger partial charge >= 0.3 is 6.18 Å². The summed E-state index contributed by atoms with van der Waals surface area (Å²) < 4.78 is 73.9. The number of fused-ring (bicyclic) bond motifs is 2. The third-order valence-corrected chi connectivity index (χ3v) is 6.52.